The lowest BCUT2D eigenvalue weighted by Crippen LogP contribution is -2.29. The fourth-order valence-corrected chi connectivity index (χ4v) is 2.99. The van der Waals surface area contributed by atoms with Gasteiger partial charge in [-0.1, -0.05) is 0 Å². The molecule has 8 heteroatoms. The third-order valence-corrected chi connectivity index (χ3v) is 4.63. The monoisotopic (exact) mass is 262 g/mol. The summed E-state index contributed by atoms with van der Waals surface area (Å²) in [5, 5.41) is 12.6. The molecule has 0 fully saturated rings. The highest BCUT2D eigenvalue weighted by atomic mass is 32.2. The second kappa shape index (κ2) is 5.03. The predicted octanol–water partition coefficient (Wildman–Crippen LogP) is -0.686. The molecule has 0 aliphatic heterocycles. The van der Waals surface area contributed by atoms with E-state index in [1.807, 2.05) is 0 Å². The molecule has 7 nitrogen and oxygen atoms in total. The predicted molar refractivity (Wildman–Crippen MR) is 63.9 cm³/mol. The molecular weight excluding hydrogens is 244 g/mol. The second-order valence-corrected chi connectivity index (χ2v) is 5.81. The number of nitrogens with zero attached hydrogens (tertiary/aromatic N) is 3. The van der Waals surface area contributed by atoms with E-state index in [0.717, 1.165) is 0 Å². The van der Waals surface area contributed by atoms with Crippen LogP contribution in [0.3, 0.4) is 0 Å². The molecule has 98 valence electrons. The summed E-state index contributed by atoms with van der Waals surface area (Å²) in [4.78, 5) is 0.0421. The van der Waals surface area contributed by atoms with Crippen molar-refractivity contribution in [2.45, 2.75) is 18.2 Å². The van der Waals surface area contributed by atoms with Gasteiger partial charge in [-0.15, -0.1) is 0 Å². The number of aryl methyl sites for hydroxylation is 1. The lowest BCUT2D eigenvalue weighted by atomic mass is 10.4. The molecule has 1 rings (SSSR count). The number of nitrogens with two attached hydrogens (primary N) is 1. The number of aliphatic hydroxyl groups excluding tert-OH is 1. The fraction of sp³-hybridized carbons (Fsp3) is 0.667. The first kappa shape index (κ1) is 13.9. The largest absolute Gasteiger partial charge is 0.396 e. The van der Waals surface area contributed by atoms with Gasteiger partial charge in [-0.2, -0.15) is 5.10 Å². The molecule has 0 saturated heterocycles. The Morgan fingerprint density at radius 1 is 1.53 bits per heavy atom. The molecule has 0 aliphatic rings. The number of rotatable bonds is 5. The van der Waals surface area contributed by atoms with E-state index in [9.17, 15) is 8.42 Å². The molecule has 1 aromatic rings. The molecule has 17 heavy (non-hydrogen) atoms. The number of aromatic nitrogens is 2. The van der Waals surface area contributed by atoms with Crippen molar-refractivity contribution in [1.29, 1.82) is 0 Å². The molecule has 0 amide bonds. The molecule has 1 heterocycles. The van der Waals surface area contributed by atoms with Gasteiger partial charge in [-0.3, -0.25) is 4.68 Å². The highest BCUT2D eigenvalue weighted by Crippen LogP contribution is 2.24. The Labute approximate surface area is 101 Å². The maximum Gasteiger partial charge on any atom is 0.248 e. The molecule has 0 radical (unpaired) electrons. The summed E-state index contributed by atoms with van der Waals surface area (Å²) in [5.41, 5.74) is 6.11. The van der Waals surface area contributed by atoms with Gasteiger partial charge in [0.1, 0.15) is 4.90 Å². The number of hydrogen-bond acceptors (Lipinski definition) is 5. The summed E-state index contributed by atoms with van der Waals surface area (Å²) < 4.78 is 27.0. The average Bonchev–Trinajstić information content (AvgIpc) is 2.49. The van der Waals surface area contributed by atoms with Gasteiger partial charge in [0.05, 0.1) is 5.69 Å². The zero-order valence-corrected chi connectivity index (χ0v) is 11.0. The summed E-state index contributed by atoms with van der Waals surface area (Å²) in [6.45, 7) is 1.84. The van der Waals surface area contributed by atoms with Gasteiger partial charge in [-0.05, 0) is 13.3 Å². The van der Waals surface area contributed by atoms with Gasteiger partial charge >= 0.3 is 0 Å². The van der Waals surface area contributed by atoms with E-state index in [4.69, 9.17) is 10.8 Å². The van der Waals surface area contributed by atoms with E-state index in [0.29, 0.717) is 12.1 Å². The van der Waals surface area contributed by atoms with Crippen LogP contribution >= 0.6 is 0 Å². The smallest absolute Gasteiger partial charge is 0.248 e. The van der Waals surface area contributed by atoms with E-state index < -0.39 is 10.0 Å². The van der Waals surface area contributed by atoms with Crippen LogP contribution in [0, 0.1) is 6.92 Å². The van der Waals surface area contributed by atoms with E-state index in [2.05, 4.69) is 5.10 Å². The standard InChI is InChI=1S/C9H18N4O3S/c1-7-8(9(10)11-13(7)3)17(15,16)12(2)5-4-6-14/h14H,4-6H2,1-3H3,(H2,10,11). The van der Waals surface area contributed by atoms with Crippen molar-refractivity contribution in [2.24, 2.45) is 7.05 Å². The zero-order chi connectivity index (χ0) is 13.2. The van der Waals surface area contributed by atoms with E-state index in [-0.39, 0.29) is 23.9 Å². The molecule has 0 aromatic carbocycles. The number of aliphatic hydroxyl groups is 1. The minimum atomic E-state index is -3.64. The van der Waals surface area contributed by atoms with Crippen molar-refractivity contribution >= 4 is 15.8 Å². The van der Waals surface area contributed by atoms with Crippen molar-refractivity contribution in [2.75, 3.05) is 25.9 Å². The molecule has 3 N–H and O–H groups in total. The van der Waals surface area contributed by atoms with Crippen LogP contribution in [-0.4, -0.2) is 47.8 Å². The molecule has 0 aliphatic carbocycles. The minimum absolute atomic E-state index is 0.000786. The molecule has 0 unspecified atom stereocenters. The van der Waals surface area contributed by atoms with Crippen molar-refractivity contribution in [3.63, 3.8) is 0 Å². The lowest BCUT2D eigenvalue weighted by molar-refractivity contribution is 0.275. The fourth-order valence-electron chi connectivity index (χ4n) is 1.50. The normalized spacial score (nSPS) is 12.3. The summed E-state index contributed by atoms with van der Waals surface area (Å²) in [7, 11) is -0.545. The quantitative estimate of drug-likeness (QED) is 0.731. The Morgan fingerprint density at radius 2 is 2.12 bits per heavy atom. The van der Waals surface area contributed by atoms with Crippen LogP contribution in [-0.2, 0) is 17.1 Å². The first-order valence-corrected chi connectivity index (χ1v) is 6.62. The van der Waals surface area contributed by atoms with Crippen molar-refractivity contribution in [3.8, 4) is 0 Å². The van der Waals surface area contributed by atoms with Crippen LogP contribution < -0.4 is 5.73 Å². The molecule has 1 aromatic heterocycles. The summed E-state index contributed by atoms with van der Waals surface area (Å²) in [6.07, 6.45) is 0.384. The highest BCUT2D eigenvalue weighted by Gasteiger charge is 2.28. The Bertz CT molecular complexity index is 495. The van der Waals surface area contributed by atoms with Crippen molar-refractivity contribution in [3.05, 3.63) is 5.69 Å². The number of anilines is 1. The van der Waals surface area contributed by atoms with Crippen LogP contribution in [0.1, 0.15) is 12.1 Å². The van der Waals surface area contributed by atoms with Crippen LogP contribution in [0.5, 0.6) is 0 Å². The topological polar surface area (TPSA) is 101 Å². The van der Waals surface area contributed by atoms with Crippen LogP contribution in [0.2, 0.25) is 0 Å². The van der Waals surface area contributed by atoms with Gasteiger partial charge in [0.15, 0.2) is 5.82 Å². The molecule has 0 atom stereocenters. The van der Waals surface area contributed by atoms with Crippen LogP contribution in [0.25, 0.3) is 0 Å². The van der Waals surface area contributed by atoms with Gasteiger partial charge in [-0.25, -0.2) is 12.7 Å². The lowest BCUT2D eigenvalue weighted by Gasteiger charge is -2.16. The van der Waals surface area contributed by atoms with Gasteiger partial charge in [0, 0.05) is 27.2 Å². The van der Waals surface area contributed by atoms with Crippen molar-refractivity contribution < 1.29 is 13.5 Å². The second-order valence-electron chi connectivity index (χ2n) is 3.83. The summed E-state index contributed by atoms with van der Waals surface area (Å²) in [5.74, 6) is 0.000786. The number of sulfonamides is 1. The van der Waals surface area contributed by atoms with Crippen LogP contribution in [0.4, 0.5) is 5.82 Å². The van der Waals surface area contributed by atoms with Gasteiger partial charge < -0.3 is 10.8 Å². The Balaban J connectivity index is 3.13. The summed E-state index contributed by atoms with van der Waals surface area (Å²) in [6, 6.07) is 0. The molecule has 0 bridgehead atoms. The Kier molecular flexibility index (Phi) is 4.12. The number of nitrogen functional groups attached to an aromatic ring is 1. The average molecular weight is 262 g/mol. The SMILES string of the molecule is Cc1c(S(=O)(=O)N(C)CCCO)c(N)nn1C. The Morgan fingerprint density at radius 3 is 2.53 bits per heavy atom. The Hall–Kier alpha value is -1.12. The third-order valence-electron chi connectivity index (χ3n) is 2.60. The van der Waals surface area contributed by atoms with Gasteiger partial charge in [0.2, 0.25) is 10.0 Å². The maximum atomic E-state index is 12.2. The van der Waals surface area contributed by atoms with E-state index in [1.165, 1.54) is 16.0 Å². The summed E-state index contributed by atoms with van der Waals surface area (Å²) >= 11 is 0. The first-order chi connectivity index (χ1) is 7.82. The maximum absolute atomic E-state index is 12.2. The van der Waals surface area contributed by atoms with Crippen molar-refractivity contribution in [1.82, 2.24) is 14.1 Å². The van der Waals surface area contributed by atoms with Crippen LogP contribution in [0.15, 0.2) is 4.90 Å². The highest BCUT2D eigenvalue weighted by molar-refractivity contribution is 7.89. The van der Waals surface area contributed by atoms with E-state index in [1.54, 1.807) is 14.0 Å². The molecule has 0 spiro atoms. The minimum Gasteiger partial charge on any atom is -0.396 e. The van der Waals surface area contributed by atoms with Gasteiger partial charge in [0.25, 0.3) is 0 Å². The first-order valence-electron chi connectivity index (χ1n) is 5.18. The zero-order valence-electron chi connectivity index (χ0n) is 10.2. The molecular formula is C9H18N4O3S. The molecule has 0 saturated carbocycles. The third kappa shape index (κ3) is 2.59. The number of hydrogen-bond donors (Lipinski definition) is 2. The van der Waals surface area contributed by atoms with E-state index >= 15 is 0 Å².